The first-order chi connectivity index (χ1) is 10.4. The highest BCUT2D eigenvalue weighted by Gasteiger charge is 2.24. The van der Waals surface area contributed by atoms with Gasteiger partial charge in [-0.2, -0.15) is 0 Å². The van der Waals surface area contributed by atoms with Gasteiger partial charge in [0.25, 0.3) is 0 Å². The van der Waals surface area contributed by atoms with Crippen LogP contribution in [0, 0.1) is 0 Å². The second kappa shape index (κ2) is 7.30. The molecule has 122 valence electrons. The summed E-state index contributed by atoms with van der Waals surface area (Å²) in [7, 11) is -3.44. The first-order valence-corrected chi connectivity index (χ1v) is 9.23. The standard InChI is InChI=1S/C14H19ClN2O4S/c1-22(19,20)17(12-6-4-11(15)5-7-12)9-8-16-14(18)13-3-2-10-21-13/h4-7,13H,2-3,8-10H2,1H3,(H,16,18). The molecule has 1 amide bonds. The molecule has 1 heterocycles. The third-order valence-corrected chi connectivity index (χ3v) is 4.80. The Morgan fingerprint density at radius 2 is 2.09 bits per heavy atom. The van der Waals surface area contributed by atoms with Crippen molar-refractivity contribution in [3.8, 4) is 0 Å². The lowest BCUT2D eigenvalue weighted by molar-refractivity contribution is -0.129. The molecule has 0 radical (unpaired) electrons. The zero-order chi connectivity index (χ0) is 16.2. The van der Waals surface area contributed by atoms with Crippen molar-refractivity contribution in [2.24, 2.45) is 0 Å². The van der Waals surface area contributed by atoms with Crippen LogP contribution in [0.3, 0.4) is 0 Å². The lowest BCUT2D eigenvalue weighted by Gasteiger charge is -2.23. The Balaban J connectivity index is 1.96. The average Bonchev–Trinajstić information content (AvgIpc) is 2.97. The molecule has 0 aromatic heterocycles. The molecule has 1 saturated heterocycles. The van der Waals surface area contributed by atoms with Crippen molar-refractivity contribution in [2.75, 3.05) is 30.3 Å². The maximum absolute atomic E-state index is 11.9. The summed E-state index contributed by atoms with van der Waals surface area (Å²) < 4.78 is 30.3. The Kier molecular flexibility index (Phi) is 5.66. The first-order valence-electron chi connectivity index (χ1n) is 7.00. The Labute approximate surface area is 135 Å². The highest BCUT2D eigenvalue weighted by molar-refractivity contribution is 7.92. The Hall–Kier alpha value is -1.31. The van der Waals surface area contributed by atoms with Gasteiger partial charge in [-0.15, -0.1) is 0 Å². The van der Waals surface area contributed by atoms with Crippen LogP contribution >= 0.6 is 11.6 Å². The highest BCUT2D eigenvalue weighted by Crippen LogP contribution is 2.20. The first kappa shape index (κ1) is 17.1. The molecule has 6 nitrogen and oxygen atoms in total. The summed E-state index contributed by atoms with van der Waals surface area (Å²) in [5.74, 6) is -0.193. The zero-order valence-electron chi connectivity index (χ0n) is 12.3. The van der Waals surface area contributed by atoms with E-state index in [1.165, 1.54) is 4.31 Å². The van der Waals surface area contributed by atoms with E-state index in [9.17, 15) is 13.2 Å². The number of benzene rings is 1. The van der Waals surface area contributed by atoms with Crippen molar-refractivity contribution in [2.45, 2.75) is 18.9 Å². The normalized spacial score (nSPS) is 18.2. The molecule has 1 aliphatic heterocycles. The van der Waals surface area contributed by atoms with Gasteiger partial charge in [-0.05, 0) is 37.1 Å². The molecule has 8 heteroatoms. The number of amides is 1. The summed E-state index contributed by atoms with van der Waals surface area (Å²) in [5, 5.41) is 3.24. The number of nitrogens with zero attached hydrogens (tertiary/aromatic N) is 1. The number of carbonyl (C=O) groups is 1. The number of carbonyl (C=O) groups excluding carboxylic acids is 1. The SMILES string of the molecule is CS(=O)(=O)N(CCNC(=O)C1CCCO1)c1ccc(Cl)cc1. The number of rotatable bonds is 6. The summed E-state index contributed by atoms with van der Waals surface area (Å²) in [6.45, 7) is 0.964. The molecule has 1 aromatic rings. The van der Waals surface area contributed by atoms with Crippen LogP contribution in [0.1, 0.15) is 12.8 Å². The number of halogens is 1. The number of nitrogens with one attached hydrogen (secondary N) is 1. The Morgan fingerprint density at radius 3 is 2.64 bits per heavy atom. The summed E-state index contributed by atoms with van der Waals surface area (Å²) >= 11 is 5.81. The quantitative estimate of drug-likeness (QED) is 0.844. The fraction of sp³-hybridized carbons (Fsp3) is 0.500. The van der Waals surface area contributed by atoms with Gasteiger partial charge in [0, 0.05) is 18.2 Å². The number of hydrogen-bond acceptors (Lipinski definition) is 4. The van der Waals surface area contributed by atoms with Gasteiger partial charge in [-0.25, -0.2) is 8.42 Å². The van der Waals surface area contributed by atoms with Gasteiger partial charge in [-0.3, -0.25) is 9.10 Å². The van der Waals surface area contributed by atoms with Gasteiger partial charge in [0.1, 0.15) is 6.10 Å². The molecule has 1 fully saturated rings. The Morgan fingerprint density at radius 1 is 1.41 bits per heavy atom. The Bertz CT molecular complexity index is 612. The number of ether oxygens (including phenoxy) is 1. The van der Waals surface area contributed by atoms with Crippen LogP contribution in [0.4, 0.5) is 5.69 Å². The van der Waals surface area contributed by atoms with Crippen LogP contribution in [-0.4, -0.2) is 46.4 Å². The van der Waals surface area contributed by atoms with E-state index in [0.29, 0.717) is 23.7 Å². The molecule has 1 atom stereocenters. The molecule has 0 spiro atoms. The van der Waals surface area contributed by atoms with Crippen LogP contribution in [0.2, 0.25) is 5.02 Å². The van der Waals surface area contributed by atoms with Crippen molar-refractivity contribution in [1.82, 2.24) is 5.32 Å². The fourth-order valence-corrected chi connectivity index (χ4v) is 3.33. The third kappa shape index (κ3) is 4.59. The molecule has 22 heavy (non-hydrogen) atoms. The van der Waals surface area contributed by atoms with Crippen molar-refractivity contribution in [3.63, 3.8) is 0 Å². The van der Waals surface area contributed by atoms with Crippen molar-refractivity contribution in [3.05, 3.63) is 29.3 Å². The number of hydrogen-bond donors (Lipinski definition) is 1. The second-order valence-corrected chi connectivity index (χ2v) is 7.45. The van der Waals surface area contributed by atoms with Gasteiger partial charge < -0.3 is 10.1 Å². The lowest BCUT2D eigenvalue weighted by atomic mass is 10.2. The van der Waals surface area contributed by atoms with E-state index in [1.807, 2.05) is 0 Å². The monoisotopic (exact) mass is 346 g/mol. The summed E-state index contributed by atoms with van der Waals surface area (Å²) in [6, 6.07) is 6.51. The van der Waals surface area contributed by atoms with Crippen molar-refractivity contribution >= 4 is 33.2 Å². The van der Waals surface area contributed by atoms with Gasteiger partial charge in [0.05, 0.1) is 18.5 Å². The minimum atomic E-state index is -3.44. The molecule has 0 bridgehead atoms. The van der Waals surface area contributed by atoms with E-state index in [0.717, 1.165) is 12.7 Å². The highest BCUT2D eigenvalue weighted by atomic mass is 35.5. The third-order valence-electron chi connectivity index (χ3n) is 3.35. The van der Waals surface area contributed by atoms with E-state index >= 15 is 0 Å². The van der Waals surface area contributed by atoms with Gasteiger partial charge in [0.15, 0.2) is 0 Å². The lowest BCUT2D eigenvalue weighted by Crippen LogP contribution is -2.41. The van der Waals surface area contributed by atoms with E-state index in [-0.39, 0.29) is 19.0 Å². The number of sulfonamides is 1. The maximum atomic E-state index is 11.9. The van der Waals surface area contributed by atoms with Gasteiger partial charge in [-0.1, -0.05) is 11.6 Å². The van der Waals surface area contributed by atoms with E-state index in [4.69, 9.17) is 16.3 Å². The molecule has 1 unspecified atom stereocenters. The van der Waals surface area contributed by atoms with Crippen LogP contribution in [0.15, 0.2) is 24.3 Å². The molecular weight excluding hydrogens is 328 g/mol. The van der Waals surface area contributed by atoms with E-state index < -0.39 is 16.1 Å². The van der Waals surface area contributed by atoms with Crippen LogP contribution in [0.5, 0.6) is 0 Å². The molecule has 0 saturated carbocycles. The zero-order valence-corrected chi connectivity index (χ0v) is 13.9. The topological polar surface area (TPSA) is 75.7 Å². The second-order valence-electron chi connectivity index (χ2n) is 5.10. The van der Waals surface area contributed by atoms with E-state index in [2.05, 4.69) is 5.32 Å². The van der Waals surface area contributed by atoms with Gasteiger partial charge in [0.2, 0.25) is 15.9 Å². The van der Waals surface area contributed by atoms with Crippen LogP contribution in [0.25, 0.3) is 0 Å². The molecule has 0 aliphatic carbocycles. The summed E-state index contributed by atoms with van der Waals surface area (Å²) in [6.07, 6.45) is 2.29. The smallest absolute Gasteiger partial charge is 0.249 e. The minimum Gasteiger partial charge on any atom is -0.368 e. The average molecular weight is 347 g/mol. The molecule has 2 rings (SSSR count). The number of anilines is 1. The molecule has 1 aromatic carbocycles. The minimum absolute atomic E-state index is 0.152. The van der Waals surface area contributed by atoms with Crippen molar-refractivity contribution < 1.29 is 17.9 Å². The largest absolute Gasteiger partial charge is 0.368 e. The fourth-order valence-electron chi connectivity index (χ4n) is 2.27. The molecular formula is C14H19ClN2O4S. The summed E-state index contributed by atoms with van der Waals surface area (Å²) in [4.78, 5) is 11.8. The van der Waals surface area contributed by atoms with Crippen molar-refractivity contribution in [1.29, 1.82) is 0 Å². The molecule has 1 N–H and O–H groups in total. The van der Waals surface area contributed by atoms with E-state index in [1.54, 1.807) is 24.3 Å². The maximum Gasteiger partial charge on any atom is 0.249 e. The predicted molar refractivity (Wildman–Crippen MR) is 85.6 cm³/mol. The van der Waals surface area contributed by atoms with Crippen LogP contribution < -0.4 is 9.62 Å². The predicted octanol–water partition coefficient (Wildman–Crippen LogP) is 1.40. The summed E-state index contributed by atoms with van der Waals surface area (Å²) in [5.41, 5.74) is 0.512. The molecule has 1 aliphatic rings. The van der Waals surface area contributed by atoms with Crippen LogP contribution in [-0.2, 0) is 19.6 Å². The van der Waals surface area contributed by atoms with Gasteiger partial charge >= 0.3 is 0 Å².